The lowest BCUT2D eigenvalue weighted by molar-refractivity contribution is -0.122. The van der Waals surface area contributed by atoms with E-state index in [9.17, 15) is 19.2 Å². The van der Waals surface area contributed by atoms with Gasteiger partial charge >= 0.3 is 5.97 Å². The van der Waals surface area contributed by atoms with Gasteiger partial charge in [-0.05, 0) is 67.1 Å². The van der Waals surface area contributed by atoms with Gasteiger partial charge in [-0.2, -0.15) is 0 Å². The number of rotatable bonds is 6. The Morgan fingerprint density at radius 2 is 1.54 bits per heavy atom. The average molecular weight is 517 g/mol. The molecule has 0 bridgehead atoms. The average Bonchev–Trinajstić information content (AvgIpc) is 3.18. The lowest BCUT2D eigenvalue weighted by Gasteiger charge is -2.28. The van der Waals surface area contributed by atoms with E-state index in [0.29, 0.717) is 29.2 Å². The number of nitrogens with one attached hydrogen (secondary N) is 1. The lowest BCUT2D eigenvalue weighted by Crippen LogP contribution is -2.30. The van der Waals surface area contributed by atoms with Crippen molar-refractivity contribution in [2.75, 3.05) is 16.8 Å². The Hall–Kier alpha value is -3.97. The van der Waals surface area contributed by atoms with Crippen LogP contribution in [0.25, 0.3) is 0 Å². The molecule has 1 saturated carbocycles. The third kappa shape index (κ3) is 5.13. The van der Waals surface area contributed by atoms with Crippen molar-refractivity contribution in [2.45, 2.75) is 25.2 Å². The third-order valence-electron chi connectivity index (χ3n) is 7.04. The molecule has 5 rings (SSSR count). The molecule has 8 heteroatoms. The highest BCUT2D eigenvalue weighted by atomic mass is 35.5. The van der Waals surface area contributed by atoms with E-state index in [1.54, 1.807) is 36.4 Å². The Morgan fingerprint density at radius 1 is 0.865 bits per heavy atom. The summed E-state index contributed by atoms with van der Waals surface area (Å²) in [7, 11) is 0. The predicted molar refractivity (Wildman–Crippen MR) is 139 cm³/mol. The number of anilines is 2. The maximum Gasteiger partial charge on any atom is 0.338 e. The predicted octanol–water partition coefficient (Wildman–Crippen LogP) is 5.21. The topological polar surface area (TPSA) is 92.8 Å². The van der Waals surface area contributed by atoms with Crippen LogP contribution in [0, 0.1) is 11.8 Å². The number of nitrogens with zero attached hydrogens (tertiary/aromatic N) is 1. The van der Waals surface area contributed by atoms with Gasteiger partial charge in [0.1, 0.15) is 0 Å². The van der Waals surface area contributed by atoms with Crippen LogP contribution in [0.1, 0.15) is 41.1 Å². The number of esters is 1. The molecule has 1 heterocycles. The number of halogens is 1. The Bertz CT molecular complexity index is 1340. The van der Waals surface area contributed by atoms with Crippen molar-refractivity contribution in [2.24, 2.45) is 11.8 Å². The van der Waals surface area contributed by atoms with Crippen molar-refractivity contribution in [1.82, 2.24) is 0 Å². The molecule has 0 spiro atoms. The molecule has 0 radical (unpaired) electrons. The highest BCUT2D eigenvalue weighted by molar-refractivity contribution is 6.33. The van der Waals surface area contributed by atoms with Gasteiger partial charge in [-0.15, -0.1) is 0 Å². The Balaban J connectivity index is 1.20. The lowest BCUT2D eigenvalue weighted by atomic mass is 9.73. The van der Waals surface area contributed by atoms with E-state index in [-0.39, 0.29) is 35.1 Å². The molecule has 3 aromatic carbocycles. The van der Waals surface area contributed by atoms with E-state index in [1.807, 2.05) is 18.2 Å². The number of ether oxygens (including phenoxy) is 1. The number of imide groups is 1. The Morgan fingerprint density at radius 3 is 2.27 bits per heavy atom. The second-order valence-electron chi connectivity index (χ2n) is 9.30. The number of carbonyl (C=O) groups is 4. The molecule has 2 aliphatic rings. The summed E-state index contributed by atoms with van der Waals surface area (Å²) in [5, 5.41) is 2.96. The van der Waals surface area contributed by atoms with E-state index in [2.05, 4.69) is 17.4 Å². The molecule has 188 valence electrons. The summed E-state index contributed by atoms with van der Waals surface area (Å²) in [5.41, 5.74) is 2.25. The summed E-state index contributed by atoms with van der Waals surface area (Å²) in [6.07, 6.45) is 2.19. The molecule has 2 fully saturated rings. The van der Waals surface area contributed by atoms with Crippen LogP contribution in [0.5, 0.6) is 0 Å². The minimum atomic E-state index is -0.695. The summed E-state index contributed by atoms with van der Waals surface area (Å²) in [4.78, 5) is 52.2. The smallest absolute Gasteiger partial charge is 0.338 e. The van der Waals surface area contributed by atoms with Gasteiger partial charge in [0.05, 0.1) is 33.8 Å². The fraction of sp³-hybridized carbons (Fsp3) is 0.241. The van der Waals surface area contributed by atoms with Gasteiger partial charge < -0.3 is 10.1 Å². The van der Waals surface area contributed by atoms with Crippen LogP contribution in [0.15, 0.2) is 78.9 Å². The van der Waals surface area contributed by atoms with Crippen LogP contribution >= 0.6 is 11.6 Å². The monoisotopic (exact) mass is 516 g/mol. The first kappa shape index (κ1) is 24.7. The van der Waals surface area contributed by atoms with Crippen molar-refractivity contribution < 1.29 is 23.9 Å². The van der Waals surface area contributed by atoms with Crippen LogP contribution in [-0.4, -0.2) is 30.3 Å². The SMILES string of the molecule is O=C(COC(=O)c1ccc(N2C(=O)[C@H]3C[C@@H](c4ccccc4)CC[C@H]3C2=O)cc1)Nc1ccccc1Cl. The molecule has 7 nitrogen and oxygen atoms in total. The molecule has 0 unspecified atom stereocenters. The zero-order chi connectivity index (χ0) is 25.9. The molecule has 1 N–H and O–H groups in total. The number of amides is 3. The zero-order valence-corrected chi connectivity index (χ0v) is 20.7. The van der Waals surface area contributed by atoms with Gasteiger partial charge in [-0.3, -0.25) is 19.3 Å². The fourth-order valence-corrected chi connectivity index (χ4v) is 5.35. The number of fused-ring (bicyclic) bond motifs is 1. The number of hydrogen-bond acceptors (Lipinski definition) is 5. The number of carbonyl (C=O) groups excluding carboxylic acids is 4. The summed E-state index contributed by atoms with van der Waals surface area (Å²) in [6, 6.07) is 22.9. The van der Waals surface area contributed by atoms with Crippen LogP contribution in [0.3, 0.4) is 0 Å². The second-order valence-corrected chi connectivity index (χ2v) is 9.70. The van der Waals surface area contributed by atoms with E-state index in [4.69, 9.17) is 16.3 Å². The van der Waals surface area contributed by atoms with Crippen LogP contribution in [0.2, 0.25) is 5.02 Å². The fourth-order valence-electron chi connectivity index (χ4n) is 5.17. The summed E-state index contributed by atoms with van der Waals surface area (Å²) in [6.45, 7) is -0.485. The molecule has 1 saturated heterocycles. The molecule has 1 aliphatic heterocycles. The Labute approximate surface area is 219 Å². The van der Waals surface area contributed by atoms with Gasteiger partial charge in [0.15, 0.2) is 6.61 Å². The maximum atomic E-state index is 13.3. The summed E-state index contributed by atoms with van der Waals surface area (Å²) in [5.74, 6) is -2.00. The van der Waals surface area contributed by atoms with Crippen LogP contribution < -0.4 is 10.2 Å². The van der Waals surface area contributed by atoms with Gasteiger partial charge in [0, 0.05) is 0 Å². The van der Waals surface area contributed by atoms with Crippen LogP contribution in [0.4, 0.5) is 11.4 Å². The van der Waals surface area contributed by atoms with Gasteiger partial charge in [-0.25, -0.2) is 4.79 Å². The second kappa shape index (κ2) is 10.6. The molecule has 0 aromatic heterocycles. The summed E-state index contributed by atoms with van der Waals surface area (Å²) < 4.78 is 5.10. The summed E-state index contributed by atoms with van der Waals surface area (Å²) >= 11 is 6.02. The first-order valence-corrected chi connectivity index (χ1v) is 12.5. The molecule has 3 amide bonds. The highest BCUT2D eigenvalue weighted by Crippen LogP contribution is 2.45. The first-order chi connectivity index (χ1) is 17.9. The standard InChI is InChI=1S/C29H25ClN2O5/c30-24-8-4-5-9-25(24)31-26(33)17-37-29(36)19-10-13-21(14-11-19)32-27(34)22-15-12-20(16-23(22)28(32)35)18-6-2-1-3-7-18/h1-11,13-14,20,22-23H,12,15-17H2,(H,31,33)/t20-,22+,23-/m0/s1. The van der Waals surface area contributed by atoms with Crippen LogP contribution in [-0.2, 0) is 19.1 Å². The molecule has 37 heavy (non-hydrogen) atoms. The molecular formula is C29H25ClN2O5. The van der Waals surface area contributed by atoms with Gasteiger partial charge in [0.25, 0.3) is 5.91 Å². The van der Waals surface area contributed by atoms with Crippen molar-refractivity contribution >= 4 is 46.7 Å². The van der Waals surface area contributed by atoms with E-state index < -0.39 is 18.5 Å². The normalized spacial score (nSPS) is 20.9. The largest absolute Gasteiger partial charge is 0.452 e. The van der Waals surface area contributed by atoms with Crippen molar-refractivity contribution in [3.63, 3.8) is 0 Å². The van der Waals surface area contributed by atoms with Crippen molar-refractivity contribution in [1.29, 1.82) is 0 Å². The number of hydrogen-bond donors (Lipinski definition) is 1. The molecular weight excluding hydrogens is 492 g/mol. The quantitative estimate of drug-likeness (QED) is 0.358. The van der Waals surface area contributed by atoms with Gasteiger partial charge in [0.2, 0.25) is 11.8 Å². The minimum Gasteiger partial charge on any atom is -0.452 e. The third-order valence-corrected chi connectivity index (χ3v) is 7.37. The van der Waals surface area contributed by atoms with E-state index in [1.165, 1.54) is 22.6 Å². The molecule has 1 aliphatic carbocycles. The molecule has 3 aromatic rings. The van der Waals surface area contributed by atoms with Crippen molar-refractivity contribution in [3.8, 4) is 0 Å². The van der Waals surface area contributed by atoms with Crippen molar-refractivity contribution in [3.05, 3.63) is 95.0 Å². The number of benzene rings is 3. The highest BCUT2D eigenvalue weighted by Gasteiger charge is 2.50. The number of para-hydroxylation sites is 1. The van der Waals surface area contributed by atoms with Gasteiger partial charge in [-0.1, -0.05) is 54.1 Å². The van der Waals surface area contributed by atoms with E-state index >= 15 is 0 Å². The zero-order valence-electron chi connectivity index (χ0n) is 19.9. The minimum absolute atomic E-state index is 0.187. The molecule has 3 atom stereocenters. The maximum absolute atomic E-state index is 13.3. The first-order valence-electron chi connectivity index (χ1n) is 12.2. The Kier molecular flexibility index (Phi) is 7.06. The van der Waals surface area contributed by atoms with E-state index in [0.717, 1.165) is 6.42 Å².